The minimum absolute atomic E-state index is 0.0320. The molecule has 0 radical (unpaired) electrons. The number of carbonyl (C=O) groups is 2. The first-order valence-electron chi connectivity index (χ1n) is 7.91. The van der Waals surface area contributed by atoms with Gasteiger partial charge in [-0.3, -0.25) is 13.9 Å². The van der Waals surface area contributed by atoms with Crippen molar-refractivity contribution in [1.82, 2.24) is 10.6 Å². The van der Waals surface area contributed by atoms with Crippen molar-refractivity contribution in [1.29, 1.82) is 0 Å². The SMILES string of the molecule is CC(C)NC(=O)CNC(=O)CN1c2cccc3cccc(c23)S1(=O)=O. The molecule has 0 saturated carbocycles. The highest BCUT2D eigenvalue weighted by molar-refractivity contribution is 7.93. The normalized spacial score (nSPS) is 14.8. The summed E-state index contributed by atoms with van der Waals surface area (Å²) in [6.45, 7) is 3.07. The molecule has 0 fully saturated rings. The molecule has 0 atom stereocenters. The second kappa shape index (κ2) is 6.36. The van der Waals surface area contributed by atoms with E-state index < -0.39 is 15.9 Å². The van der Waals surface area contributed by atoms with Crippen molar-refractivity contribution in [3.63, 3.8) is 0 Å². The predicted molar refractivity (Wildman–Crippen MR) is 94.8 cm³/mol. The van der Waals surface area contributed by atoms with E-state index >= 15 is 0 Å². The van der Waals surface area contributed by atoms with E-state index in [1.165, 1.54) is 6.07 Å². The van der Waals surface area contributed by atoms with Gasteiger partial charge in [0.15, 0.2) is 0 Å². The maximum Gasteiger partial charge on any atom is 0.265 e. The molecule has 1 aliphatic heterocycles. The van der Waals surface area contributed by atoms with Crippen molar-refractivity contribution in [2.75, 3.05) is 17.4 Å². The van der Waals surface area contributed by atoms with Gasteiger partial charge in [0.2, 0.25) is 11.8 Å². The van der Waals surface area contributed by atoms with Crippen LogP contribution in [0.3, 0.4) is 0 Å². The first-order chi connectivity index (χ1) is 11.8. The lowest BCUT2D eigenvalue weighted by Crippen LogP contribution is -2.44. The molecule has 0 aliphatic carbocycles. The number of benzene rings is 2. The molecule has 0 bridgehead atoms. The van der Waals surface area contributed by atoms with Crippen molar-refractivity contribution in [3.05, 3.63) is 36.4 Å². The number of sulfonamides is 1. The molecule has 0 saturated heterocycles. The van der Waals surface area contributed by atoms with Gasteiger partial charge in [0.1, 0.15) is 6.54 Å². The van der Waals surface area contributed by atoms with E-state index in [2.05, 4.69) is 10.6 Å². The van der Waals surface area contributed by atoms with E-state index in [0.29, 0.717) is 11.1 Å². The summed E-state index contributed by atoms with van der Waals surface area (Å²) in [7, 11) is -3.78. The Labute approximate surface area is 146 Å². The Hall–Kier alpha value is -2.61. The van der Waals surface area contributed by atoms with Gasteiger partial charge in [0.05, 0.1) is 17.1 Å². The predicted octanol–water partition coefficient (Wildman–Crippen LogP) is 0.989. The fourth-order valence-electron chi connectivity index (χ4n) is 2.87. The Kier molecular flexibility index (Phi) is 4.38. The number of amides is 2. The summed E-state index contributed by atoms with van der Waals surface area (Å²) in [5.74, 6) is -0.856. The van der Waals surface area contributed by atoms with Crippen LogP contribution in [-0.2, 0) is 19.6 Å². The lowest BCUT2D eigenvalue weighted by atomic mass is 10.1. The highest BCUT2D eigenvalue weighted by Crippen LogP contribution is 2.41. The Morgan fingerprint density at radius 1 is 1.08 bits per heavy atom. The molecule has 132 valence electrons. The third-order valence-corrected chi connectivity index (χ3v) is 5.67. The Balaban J connectivity index is 1.79. The van der Waals surface area contributed by atoms with Gasteiger partial charge in [-0.2, -0.15) is 0 Å². The summed E-state index contributed by atoms with van der Waals surface area (Å²) in [5.41, 5.74) is 0.481. The number of nitrogens with zero attached hydrogens (tertiary/aromatic N) is 1. The molecular weight excluding hydrogens is 342 g/mol. The second-order valence-corrected chi connectivity index (χ2v) is 7.97. The Morgan fingerprint density at radius 3 is 2.44 bits per heavy atom. The standard InChI is InChI=1S/C17H19N3O4S/c1-11(2)19-15(21)9-18-16(22)10-20-13-7-3-5-12-6-4-8-14(17(12)13)25(20,23)24/h3-8,11H,9-10H2,1-2H3,(H,18,22)(H,19,21). The average Bonchev–Trinajstić information content (AvgIpc) is 2.76. The zero-order chi connectivity index (χ0) is 18.2. The van der Waals surface area contributed by atoms with E-state index in [0.717, 1.165) is 9.69 Å². The van der Waals surface area contributed by atoms with Gasteiger partial charge < -0.3 is 10.6 Å². The smallest absolute Gasteiger partial charge is 0.265 e. The van der Waals surface area contributed by atoms with Crippen molar-refractivity contribution in [2.24, 2.45) is 0 Å². The number of rotatable bonds is 5. The summed E-state index contributed by atoms with van der Waals surface area (Å²) in [6, 6.07) is 10.3. The molecule has 0 aromatic heterocycles. The number of nitrogens with one attached hydrogen (secondary N) is 2. The van der Waals surface area contributed by atoms with Crippen LogP contribution in [0.2, 0.25) is 0 Å². The summed E-state index contributed by atoms with van der Waals surface area (Å²) in [4.78, 5) is 23.9. The fourth-order valence-corrected chi connectivity index (χ4v) is 4.53. The molecule has 25 heavy (non-hydrogen) atoms. The van der Waals surface area contributed by atoms with Crippen LogP contribution in [0.4, 0.5) is 5.69 Å². The largest absolute Gasteiger partial charge is 0.352 e. The first-order valence-corrected chi connectivity index (χ1v) is 9.35. The summed E-state index contributed by atoms with van der Waals surface area (Å²) in [5, 5.41) is 6.53. The van der Waals surface area contributed by atoms with Gasteiger partial charge in [-0.15, -0.1) is 0 Å². The van der Waals surface area contributed by atoms with E-state index in [9.17, 15) is 18.0 Å². The quantitative estimate of drug-likeness (QED) is 0.830. The van der Waals surface area contributed by atoms with Crippen molar-refractivity contribution >= 4 is 38.3 Å². The minimum atomic E-state index is -3.78. The third-order valence-electron chi connectivity index (χ3n) is 3.86. The molecule has 0 unspecified atom stereocenters. The van der Waals surface area contributed by atoms with Crippen LogP contribution in [0, 0.1) is 0 Å². The third kappa shape index (κ3) is 3.17. The molecule has 8 heteroatoms. The number of carbonyl (C=O) groups excluding carboxylic acids is 2. The molecule has 2 aromatic carbocycles. The first kappa shape index (κ1) is 17.2. The van der Waals surface area contributed by atoms with E-state index in [1.54, 1.807) is 18.2 Å². The minimum Gasteiger partial charge on any atom is -0.352 e. The van der Waals surface area contributed by atoms with Crippen LogP contribution in [-0.4, -0.2) is 39.4 Å². The molecule has 1 aliphatic rings. The van der Waals surface area contributed by atoms with Crippen molar-refractivity contribution in [3.8, 4) is 0 Å². The molecule has 2 N–H and O–H groups in total. The average molecular weight is 361 g/mol. The Bertz CT molecular complexity index is 948. The van der Waals surface area contributed by atoms with Crippen molar-refractivity contribution < 1.29 is 18.0 Å². The molecule has 3 rings (SSSR count). The zero-order valence-electron chi connectivity index (χ0n) is 13.9. The molecule has 7 nitrogen and oxygen atoms in total. The highest BCUT2D eigenvalue weighted by atomic mass is 32.2. The van der Waals surface area contributed by atoms with Crippen LogP contribution >= 0.6 is 0 Å². The number of hydrogen-bond acceptors (Lipinski definition) is 4. The molecule has 2 aromatic rings. The van der Waals surface area contributed by atoms with Gasteiger partial charge in [0, 0.05) is 11.4 Å². The van der Waals surface area contributed by atoms with E-state index in [-0.39, 0.29) is 29.9 Å². The Morgan fingerprint density at radius 2 is 1.76 bits per heavy atom. The fraction of sp³-hybridized carbons (Fsp3) is 0.294. The monoisotopic (exact) mass is 361 g/mol. The van der Waals surface area contributed by atoms with Crippen LogP contribution in [0.5, 0.6) is 0 Å². The topological polar surface area (TPSA) is 95.6 Å². The summed E-state index contributed by atoms with van der Waals surface area (Å²) >= 11 is 0. The number of hydrogen-bond donors (Lipinski definition) is 2. The maximum absolute atomic E-state index is 12.8. The van der Waals surface area contributed by atoms with E-state index in [4.69, 9.17) is 0 Å². The molecule has 2 amide bonds. The van der Waals surface area contributed by atoms with Gasteiger partial charge in [-0.1, -0.05) is 24.3 Å². The van der Waals surface area contributed by atoms with Crippen LogP contribution in [0.1, 0.15) is 13.8 Å². The maximum atomic E-state index is 12.8. The van der Waals surface area contributed by atoms with E-state index in [1.807, 2.05) is 26.0 Å². The second-order valence-electron chi connectivity index (χ2n) is 6.14. The van der Waals surface area contributed by atoms with Crippen LogP contribution in [0.25, 0.3) is 10.8 Å². The van der Waals surface area contributed by atoms with Gasteiger partial charge >= 0.3 is 0 Å². The molecular formula is C17H19N3O4S. The zero-order valence-corrected chi connectivity index (χ0v) is 14.8. The lowest BCUT2D eigenvalue weighted by molar-refractivity contribution is -0.125. The molecule has 0 spiro atoms. The van der Waals surface area contributed by atoms with Gasteiger partial charge in [-0.05, 0) is 31.4 Å². The van der Waals surface area contributed by atoms with Gasteiger partial charge in [-0.25, -0.2) is 8.42 Å². The summed E-state index contributed by atoms with van der Waals surface area (Å²) < 4.78 is 26.6. The molecule has 1 heterocycles. The van der Waals surface area contributed by atoms with Crippen LogP contribution < -0.4 is 14.9 Å². The lowest BCUT2D eigenvalue weighted by Gasteiger charge is -2.18. The number of anilines is 1. The highest BCUT2D eigenvalue weighted by Gasteiger charge is 2.36. The van der Waals surface area contributed by atoms with Crippen LogP contribution in [0.15, 0.2) is 41.3 Å². The summed E-state index contributed by atoms with van der Waals surface area (Å²) in [6.07, 6.45) is 0. The van der Waals surface area contributed by atoms with Gasteiger partial charge in [0.25, 0.3) is 10.0 Å². The van der Waals surface area contributed by atoms with Crippen molar-refractivity contribution in [2.45, 2.75) is 24.8 Å².